The molecule has 1 fully saturated rings. The summed E-state index contributed by atoms with van der Waals surface area (Å²) in [6.07, 6.45) is 1.28. The summed E-state index contributed by atoms with van der Waals surface area (Å²) < 4.78 is 0. The third kappa shape index (κ3) is 6.30. The first-order valence-electron chi connectivity index (χ1n) is 9.18. The van der Waals surface area contributed by atoms with E-state index in [1.54, 1.807) is 12.1 Å². The lowest BCUT2D eigenvalue weighted by Gasteiger charge is -2.32. The Morgan fingerprint density at radius 3 is 2.52 bits per heavy atom. The molecule has 1 aromatic carbocycles. The lowest BCUT2D eigenvalue weighted by molar-refractivity contribution is -0.385. The van der Waals surface area contributed by atoms with E-state index in [0.717, 1.165) is 39.1 Å². The highest BCUT2D eigenvalue weighted by atomic mass is 16.6. The van der Waals surface area contributed by atoms with Gasteiger partial charge in [-0.1, -0.05) is 13.0 Å². The fourth-order valence-corrected chi connectivity index (χ4v) is 2.95. The van der Waals surface area contributed by atoms with Gasteiger partial charge in [-0.25, -0.2) is 0 Å². The highest BCUT2D eigenvalue weighted by Gasteiger charge is 2.18. The van der Waals surface area contributed by atoms with Crippen molar-refractivity contribution < 1.29 is 14.5 Å². The van der Waals surface area contributed by atoms with Crippen LogP contribution in [0.15, 0.2) is 18.2 Å². The van der Waals surface area contributed by atoms with E-state index >= 15 is 0 Å². The molecule has 1 aliphatic rings. The van der Waals surface area contributed by atoms with E-state index in [2.05, 4.69) is 27.5 Å². The van der Waals surface area contributed by atoms with Crippen LogP contribution >= 0.6 is 0 Å². The van der Waals surface area contributed by atoms with Gasteiger partial charge < -0.3 is 20.4 Å². The Balaban J connectivity index is 1.76. The number of aryl methyl sites for hydroxylation is 1. The summed E-state index contributed by atoms with van der Waals surface area (Å²) in [5, 5.41) is 16.1. The Bertz CT molecular complexity index is 686. The molecule has 2 N–H and O–H groups in total. The molecule has 9 nitrogen and oxygen atoms in total. The van der Waals surface area contributed by atoms with Crippen molar-refractivity contribution in [1.29, 1.82) is 0 Å². The maximum Gasteiger partial charge on any atom is 0.313 e. The van der Waals surface area contributed by atoms with Gasteiger partial charge in [0.1, 0.15) is 0 Å². The number of nitrogens with zero attached hydrogens (tertiary/aromatic N) is 3. The smallest absolute Gasteiger partial charge is 0.313 e. The van der Waals surface area contributed by atoms with E-state index in [-0.39, 0.29) is 11.4 Å². The maximum absolute atomic E-state index is 12.0. The maximum atomic E-state index is 12.0. The largest absolute Gasteiger partial charge is 0.348 e. The summed E-state index contributed by atoms with van der Waals surface area (Å²) in [5.41, 5.74) is 0.741. The van der Waals surface area contributed by atoms with Gasteiger partial charge in [0.2, 0.25) is 0 Å². The van der Waals surface area contributed by atoms with Gasteiger partial charge in [-0.3, -0.25) is 19.7 Å². The fourth-order valence-electron chi connectivity index (χ4n) is 2.95. The van der Waals surface area contributed by atoms with Gasteiger partial charge in [0.25, 0.3) is 5.69 Å². The van der Waals surface area contributed by atoms with E-state index in [9.17, 15) is 19.7 Å². The Hall–Kier alpha value is -2.52. The number of nitro benzene ring substituents is 1. The first-order chi connectivity index (χ1) is 12.9. The molecule has 148 valence electrons. The van der Waals surface area contributed by atoms with Crippen LogP contribution in [0.3, 0.4) is 0 Å². The van der Waals surface area contributed by atoms with Crippen molar-refractivity contribution in [1.82, 2.24) is 15.1 Å². The molecule has 0 unspecified atom stereocenters. The molecular formula is C18H27N5O4. The van der Waals surface area contributed by atoms with Gasteiger partial charge in [0, 0.05) is 50.0 Å². The number of rotatable bonds is 7. The predicted octanol–water partition coefficient (Wildman–Crippen LogP) is 0.849. The summed E-state index contributed by atoms with van der Waals surface area (Å²) in [6, 6.07) is 4.42. The molecule has 0 spiro atoms. The van der Waals surface area contributed by atoms with E-state index in [1.807, 2.05) is 6.92 Å². The molecule has 1 saturated heterocycles. The number of nitrogens with one attached hydrogen (secondary N) is 2. The lowest BCUT2D eigenvalue weighted by Crippen LogP contribution is -2.45. The molecule has 9 heteroatoms. The van der Waals surface area contributed by atoms with Crippen LogP contribution in [0, 0.1) is 10.1 Å². The molecule has 2 rings (SSSR count). The molecule has 0 bridgehead atoms. The first kappa shape index (κ1) is 20.8. The van der Waals surface area contributed by atoms with Crippen molar-refractivity contribution in [3.8, 4) is 0 Å². The van der Waals surface area contributed by atoms with E-state index in [0.29, 0.717) is 18.5 Å². The average molecular weight is 377 g/mol. The number of piperazine rings is 1. The minimum absolute atomic E-state index is 0.0668. The van der Waals surface area contributed by atoms with Gasteiger partial charge in [0.05, 0.1) is 4.92 Å². The van der Waals surface area contributed by atoms with E-state index in [1.165, 1.54) is 6.07 Å². The number of carbonyl (C=O) groups excluding carboxylic acids is 2. The third-order valence-electron chi connectivity index (χ3n) is 4.66. The van der Waals surface area contributed by atoms with Gasteiger partial charge in [-0.2, -0.15) is 0 Å². The Labute approximate surface area is 158 Å². The molecule has 2 amide bonds. The average Bonchev–Trinajstić information content (AvgIpc) is 2.66. The predicted molar refractivity (Wildman–Crippen MR) is 103 cm³/mol. The van der Waals surface area contributed by atoms with Crippen LogP contribution in [0.1, 0.15) is 18.9 Å². The molecule has 0 aliphatic carbocycles. The zero-order valence-electron chi connectivity index (χ0n) is 15.9. The lowest BCUT2D eigenvalue weighted by atomic mass is 10.1. The molecule has 1 heterocycles. The summed E-state index contributed by atoms with van der Waals surface area (Å²) in [6.45, 7) is 7.20. The van der Waals surface area contributed by atoms with Crippen LogP contribution < -0.4 is 10.6 Å². The van der Waals surface area contributed by atoms with E-state index < -0.39 is 16.7 Å². The van der Waals surface area contributed by atoms with Crippen molar-refractivity contribution in [3.63, 3.8) is 0 Å². The first-order valence-corrected chi connectivity index (χ1v) is 9.18. The molecular weight excluding hydrogens is 350 g/mol. The summed E-state index contributed by atoms with van der Waals surface area (Å²) in [4.78, 5) is 39.1. The topological polar surface area (TPSA) is 108 Å². The number of hydrogen-bond acceptors (Lipinski definition) is 6. The van der Waals surface area contributed by atoms with Gasteiger partial charge >= 0.3 is 11.8 Å². The Morgan fingerprint density at radius 1 is 1.19 bits per heavy atom. The molecule has 0 aromatic heterocycles. The van der Waals surface area contributed by atoms with Gasteiger partial charge in [-0.05, 0) is 32.5 Å². The van der Waals surface area contributed by atoms with Gasteiger partial charge in [-0.15, -0.1) is 0 Å². The number of anilines is 1. The van der Waals surface area contributed by atoms with Crippen LogP contribution in [-0.4, -0.2) is 72.9 Å². The van der Waals surface area contributed by atoms with Crippen LogP contribution in [0.4, 0.5) is 11.4 Å². The van der Waals surface area contributed by atoms with Crippen LogP contribution in [-0.2, 0) is 16.0 Å². The summed E-state index contributed by atoms with van der Waals surface area (Å²) in [7, 11) is 2.10. The highest BCUT2D eigenvalue weighted by molar-refractivity contribution is 6.39. The molecule has 0 saturated carbocycles. The van der Waals surface area contributed by atoms with Crippen molar-refractivity contribution >= 4 is 23.2 Å². The fraction of sp³-hybridized carbons (Fsp3) is 0.556. The number of amides is 2. The van der Waals surface area contributed by atoms with Crippen molar-refractivity contribution in [2.24, 2.45) is 0 Å². The minimum atomic E-state index is -0.826. The molecule has 1 aromatic rings. The summed E-state index contributed by atoms with van der Waals surface area (Å²) >= 11 is 0. The van der Waals surface area contributed by atoms with Crippen LogP contribution in [0.25, 0.3) is 0 Å². The van der Waals surface area contributed by atoms with Crippen LogP contribution in [0.5, 0.6) is 0 Å². The second-order valence-electron chi connectivity index (χ2n) is 6.66. The quantitative estimate of drug-likeness (QED) is 0.316. The number of carbonyl (C=O) groups is 2. The standard InChI is InChI=1S/C18H27N5O4/c1-3-14-5-6-15(13-16(14)23(26)27)20-18(25)17(24)19-7-4-8-22-11-9-21(2)10-12-22/h5-6,13H,3-4,7-12H2,1-2H3,(H,19,24)(H,20,25). The Kier molecular flexibility index (Phi) is 7.68. The summed E-state index contributed by atoms with van der Waals surface area (Å²) in [5.74, 6) is -1.57. The highest BCUT2D eigenvalue weighted by Crippen LogP contribution is 2.23. The second kappa shape index (κ2) is 9.98. The molecule has 27 heavy (non-hydrogen) atoms. The van der Waals surface area contributed by atoms with Crippen LogP contribution in [0.2, 0.25) is 0 Å². The molecule has 0 radical (unpaired) electrons. The number of benzene rings is 1. The van der Waals surface area contributed by atoms with Crippen molar-refractivity contribution in [2.45, 2.75) is 19.8 Å². The second-order valence-corrected chi connectivity index (χ2v) is 6.66. The van der Waals surface area contributed by atoms with E-state index in [4.69, 9.17) is 0 Å². The SMILES string of the molecule is CCc1ccc(NC(=O)C(=O)NCCCN2CCN(C)CC2)cc1[N+](=O)[O-]. The normalized spacial score (nSPS) is 15.3. The van der Waals surface area contributed by atoms with Crippen molar-refractivity contribution in [3.05, 3.63) is 33.9 Å². The van der Waals surface area contributed by atoms with Gasteiger partial charge in [0.15, 0.2) is 0 Å². The minimum Gasteiger partial charge on any atom is -0.348 e. The monoisotopic (exact) mass is 377 g/mol. The van der Waals surface area contributed by atoms with Crippen molar-refractivity contribution in [2.75, 3.05) is 51.6 Å². The number of hydrogen-bond donors (Lipinski definition) is 2. The zero-order valence-corrected chi connectivity index (χ0v) is 15.9. The number of nitro groups is 1. The Morgan fingerprint density at radius 2 is 1.89 bits per heavy atom. The molecule has 0 atom stereocenters. The third-order valence-corrected chi connectivity index (χ3v) is 4.66. The number of likely N-dealkylation sites (N-methyl/N-ethyl adjacent to an activating group) is 1. The zero-order chi connectivity index (χ0) is 19.8. The molecule has 1 aliphatic heterocycles.